The van der Waals surface area contributed by atoms with Gasteiger partial charge in [-0.2, -0.15) is 5.26 Å². The molecular formula is C30H29Cl3N2. The van der Waals surface area contributed by atoms with Crippen molar-refractivity contribution in [2.45, 2.75) is 38.1 Å². The van der Waals surface area contributed by atoms with Gasteiger partial charge in [-0.15, -0.1) is 0 Å². The average molecular weight is 524 g/mol. The van der Waals surface area contributed by atoms with E-state index >= 15 is 0 Å². The normalized spacial score (nSPS) is 27.7. The number of fused-ring (bicyclic) bond motifs is 1. The maximum Gasteiger partial charge on any atom is 0.0991 e. The zero-order valence-electron chi connectivity index (χ0n) is 19.8. The summed E-state index contributed by atoms with van der Waals surface area (Å²) in [5.74, 6) is 2.04. The number of rotatable bonds is 4. The Balaban J connectivity index is 1.45. The van der Waals surface area contributed by atoms with E-state index < -0.39 is 0 Å². The van der Waals surface area contributed by atoms with E-state index in [0.717, 1.165) is 36.0 Å². The predicted octanol–water partition coefficient (Wildman–Crippen LogP) is 8.59. The smallest absolute Gasteiger partial charge is 0.0991 e. The molecule has 5 unspecified atom stereocenters. The van der Waals surface area contributed by atoms with Crippen molar-refractivity contribution in [3.8, 4) is 6.07 Å². The summed E-state index contributed by atoms with van der Waals surface area (Å²) >= 11 is 19.2. The van der Waals surface area contributed by atoms with Gasteiger partial charge in [0.2, 0.25) is 0 Å². The molecule has 1 saturated carbocycles. The van der Waals surface area contributed by atoms with E-state index in [9.17, 15) is 0 Å². The van der Waals surface area contributed by atoms with E-state index in [0.29, 0.717) is 40.3 Å². The monoisotopic (exact) mass is 522 g/mol. The molecule has 0 aromatic heterocycles. The molecule has 2 aliphatic carbocycles. The Kier molecular flexibility index (Phi) is 7.42. The number of hydrogen-bond acceptors (Lipinski definition) is 2. The summed E-state index contributed by atoms with van der Waals surface area (Å²) in [6, 6.07) is 19.1. The zero-order chi connectivity index (χ0) is 24.5. The lowest BCUT2D eigenvalue weighted by molar-refractivity contribution is 0.202. The van der Waals surface area contributed by atoms with Crippen LogP contribution in [-0.2, 0) is 0 Å². The molecule has 5 heteroatoms. The molecule has 5 rings (SSSR count). The molecule has 0 radical (unpaired) electrons. The van der Waals surface area contributed by atoms with E-state index in [2.05, 4.69) is 48.2 Å². The number of halogens is 3. The fourth-order valence-corrected chi connectivity index (χ4v) is 7.05. The molecule has 5 atom stereocenters. The number of allylic oxidation sites excluding steroid dienone is 6. The molecule has 3 aliphatic rings. The van der Waals surface area contributed by atoms with Crippen LogP contribution in [0.3, 0.4) is 0 Å². The number of likely N-dealkylation sites (tertiary alicyclic amines) is 1. The second-order valence-corrected chi connectivity index (χ2v) is 11.5. The first-order chi connectivity index (χ1) is 16.9. The average Bonchev–Trinajstić information content (AvgIpc) is 3.22. The van der Waals surface area contributed by atoms with E-state index in [-0.39, 0.29) is 0 Å². The van der Waals surface area contributed by atoms with Crippen LogP contribution < -0.4 is 0 Å². The Labute approximate surface area is 223 Å². The molecule has 0 amide bonds. The van der Waals surface area contributed by atoms with E-state index in [1.54, 1.807) is 0 Å². The van der Waals surface area contributed by atoms with Gasteiger partial charge in [-0.05, 0) is 91.0 Å². The topological polar surface area (TPSA) is 27.0 Å². The van der Waals surface area contributed by atoms with Gasteiger partial charge < -0.3 is 0 Å². The van der Waals surface area contributed by atoms with Gasteiger partial charge in [-0.1, -0.05) is 70.7 Å². The lowest BCUT2D eigenvalue weighted by atomic mass is 9.63. The van der Waals surface area contributed by atoms with Crippen LogP contribution in [0.2, 0.25) is 5.02 Å². The molecule has 1 aliphatic heterocycles. The molecule has 0 spiro atoms. The highest BCUT2D eigenvalue weighted by atomic mass is 35.5. The molecule has 0 bridgehead atoms. The number of benzene rings is 2. The number of hydrogen-bond donors (Lipinski definition) is 0. The van der Waals surface area contributed by atoms with E-state index in [1.165, 1.54) is 23.1 Å². The Morgan fingerprint density at radius 3 is 2.40 bits per heavy atom. The fraction of sp³-hybridized carbons (Fsp3) is 0.367. The van der Waals surface area contributed by atoms with Crippen molar-refractivity contribution in [1.82, 2.24) is 4.90 Å². The molecule has 35 heavy (non-hydrogen) atoms. The summed E-state index contributed by atoms with van der Waals surface area (Å²) in [5, 5.41) is 11.4. The predicted molar refractivity (Wildman–Crippen MR) is 146 cm³/mol. The van der Waals surface area contributed by atoms with Crippen LogP contribution in [0.15, 0.2) is 82.4 Å². The van der Waals surface area contributed by atoms with Gasteiger partial charge in [0.25, 0.3) is 0 Å². The van der Waals surface area contributed by atoms with Gasteiger partial charge in [0.15, 0.2) is 0 Å². The molecule has 180 valence electrons. The van der Waals surface area contributed by atoms with Crippen molar-refractivity contribution in [3.05, 3.63) is 104 Å². The second kappa shape index (κ2) is 10.5. The largest absolute Gasteiger partial charge is 0.296 e. The van der Waals surface area contributed by atoms with Gasteiger partial charge >= 0.3 is 0 Å². The maximum atomic E-state index is 9.16. The van der Waals surface area contributed by atoms with Crippen LogP contribution in [0.5, 0.6) is 0 Å². The third kappa shape index (κ3) is 5.25. The summed E-state index contributed by atoms with van der Waals surface area (Å²) in [6.45, 7) is 4.45. The minimum Gasteiger partial charge on any atom is -0.296 e. The van der Waals surface area contributed by atoms with Crippen LogP contribution >= 0.6 is 34.8 Å². The summed E-state index contributed by atoms with van der Waals surface area (Å²) < 4.78 is 0. The first-order valence-electron chi connectivity index (χ1n) is 12.3. The Morgan fingerprint density at radius 1 is 0.943 bits per heavy atom. The summed E-state index contributed by atoms with van der Waals surface area (Å²) in [6.07, 6.45) is 9.18. The zero-order valence-corrected chi connectivity index (χ0v) is 22.1. The van der Waals surface area contributed by atoms with Gasteiger partial charge in [0.1, 0.15) is 0 Å². The lowest BCUT2D eigenvalue weighted by Crippen LogP contribution is -2.33. The number of nitrogens with zero attached hydrogens (tertiary/aromatic N) is 2. The fourth-order valence-electron chi connectivity index (χ4n) is 6.40. The van der Waals surface area contributed by atoms with E-state index in [4.69, 9.17) is 40.1 Å². The van der Waals surface area contributed by atoms with Crippen molar-refractivity contribution in [2.24, 2.45) is 17.8 Å². The van der Waals surface area contributed by atoms with Gasteiger partial charge in [-0.25, -0.2) is 0 Å². The van der Waals surface area contributed by atoms with Crippen LogP contribution in [-0.4, -0.2) is 18.0 Å². The molecule has 2 nitrogen and oxygen atoms in total. The van der Waals surface area contributed by atoms with Gasteiger partial charge in [0.05, 0.1) is 11.6 Å². The van der Waals surface area contributed by atoms with Gasteiger partial charge in [0, 0.05) is 40.6 Å². The van der Waals surface area contributed by atoms with Gasteiger partial charge in [-0.3, -0.25) is 4.90 Å². The summed E-state index contributed by atoms with van der Waals surface area (Å²) in [4.78, 5) is 2.63. The third-order valence-electron chi connectivity index (χ3n) is 8.19. The van der Waals surface area contributed by atoms with Crippen molar-refractivity contribution >= 4 is 34.8 Å². The Hall–Kier alpha value is -2.02. The highest BCUT2D eigenvalue weighted by molar-refractivity contribution is 6.34. The summed E-state index contributed by atoms with van der Waals surface area (Å²) in [7, 11) is 0. The minimum absolute atomic E-state index is 0.314. The van der Waals surface area contributed by atoms with Crippen LogP contribution in [0, 0.1) is 29.1 Å². The summed E-state index contributed by atoms with van der Waals surface area (Å²) in [5.41, 5.74) is 4.71. The molecule has 2 fully saturated rings. The van der Waals surface area contributed by atoms with Crippen LogP contribution in [0.1, 0.15) is 54.8 Å². The minimum atomic E-state index is 0.314. The third-order valence-corrected chi connectivity index (χ3v) is 8.92. The standard InChI is InChI=1S/C30H29Cl3N2/c1-19(21-4-2-20(16-34)3-5-21)35-17-24-9-13-28(23-8-12-26(32)15-27(33)14-23)30(29(24)18-35)22-6-10-25(31)11-7-22/h2-8,10-12,15,19,24,28-30H,9,13-14,17-18H2,1H3. The molecular weight excluding hydrogens is 495 g/mol. The SMILES string of the molecule is CC(c1ccc(C#N)cc1)N1CC2CCC(C3=CC=C(Cl)C=C(Cl)C3)C(c3ccc(Cl)cc3)C2C1. The Morgan fingerprint density at radius 2 is 1.69 bits per heavy atom. The second-order valence-electron chi connectivity index (χ2n) is 10.1. The van der Waals surface area contributed by atoms with Crippen molar-refractivity contribution < 1.29 is 0 Å². The number of nitriles is 1. The van der Waals surface area contributed by atoms with Crippen molar-refractivity contribution in [2.75, 3.05) is 13.1 Å². The molecule has 1 saturated heterocycles. The Bertz CT molecular complexity index is 1200. The first kappa shape index (κ1) is 24.7. The molecule has 0 N–H and O–H groups in total. The van der Waals surface area contributed by atoms with Crippen LogP contribution in [0.4, 0.5) is 0 Å². The maximum absolute atomic E-state index is 9.16. The van der Waals surface area contributed by atoms with Crippen molar-refractivity contribution in [3.63, 3.8) is 0 Å². The molecule has 2 aromatic rings. The first-order valence-corrected chi connectivity index (χ1v) is 13.5. The highest BCUT2D eigenvalue weighted by Gasteiger charge is 2.46. The van der Waals surface area contributed by atoms with Crippen LogP contribution in [0.25, 0.3) is 0 Å². The quantitative estimate of drug-likeness (QED) is 0.401. The van der Waals surface area contributed by atoms with Crippen molar-refractivity contribution in [1.29, 1.82) is 5.26 Å². The molecule has 1 heterocycles. The highest BCUT2D eigenvalue weighted by Crippen LogP contribution is 2.53. The van der Waals surface area contributed by atoms with E-state index in [1.807, 2.05) is 36.4 Å². The lowest BCUT2D eigenvalue weighted by Gasteiger charge is -2.41. The molecule has 2 aromatic carbocycles.